The van der Waals surface area contributed by atoms with Crippen LogP contribution in [0.1, 0.15) is 42.6 Å². The highest BCUT2D eigenvalue weighted by Crippen LogP contribution is 2.31. The molecule has 0 aromatic heterocycles. The first-order valence-electron chi connectivity index (χ1n) is 8.93. The van der Waals surface area contributed by atoms with Gasteiger partial charge in [-0.15, -0.1) is 0 Å². The summed E-state index contributed by atoms with van der Waals surface area (Å²) in [6.45, 7) is 5.92. The standard InChI is InChI=1S/C21H24ClNO5/c1-5-27-21(25)16-10-17(22)18(11-19(16)26-4)23-20(24)12-28-15-8-6-7-14(9-15)13(2)3/h6-11,13H,5,12H2,1-4H3,(H,23,24). The number of halogens is 1. The van der Waals surface area contributed by atoms with Crippen molar-refractivity contribution in [2.75, 3.05) is 25.6 Å². The number of esters is 1. The number of carbonyl (C=O) groups is 2. The maximum Gasteiger partial charge on any atom is 0.341 e. The summed E-state index contributed by atoms with van der Waals surface area (Å²) in [5.41, 5.74) is 1.63. The number of carbonyl (C=O) groups excluding carboxylic acids is 2. The van der Waals surface area contributed by atoms with Crippen LogP contribution in [-0.4, -0.2) is 32.2 Å². The quantitative estimate of drug-likeness (QED) is 0.646. The summed E-state index contributed by atoms with van der Waals surface area (Å²) >= 11 is 6.20. The van der Waals surface area contributed by atoms with Crippen LogP contribution in [0.25, 0.3) is 0 Å². The maximum absolute atomic E-state index is 12.3. The van der Waals surface area contributed by atoms with Crippen LogP contribution >= 0.6 is 11.6 Å². The van der Waals surface area contributed by atoms with Crippen LogP contribution in [0.2, 0.25) is 5.02 Å². The lowest BCUT2D eigenvalue weighted by Gasteiger charge is -2.13. The third-order valence-corrected chi connectivity index (χ3v) is 4.27. The molecule has 0 spiro atoms. The van der Waals surface area contributed by atoms with Crippen molar-refractivity contribution in [3.8, 4) is 11.5 Å². The van der Waals surface area contributed by atoms with E-state index in [0.717, 1.165) is 5.56 Å². The summed E-state index contributed by atoms with van der Waals surface area (Å²) in [5.74, 6) is 0.295. The van der Waals surface area contributed by atoms with E-state index in [1.165, 1.54) is 19.2 Å². The molecule has 2 rings (SSSR count). The number of amides is 1. The van der Waals surface area contributed by atoms with Crippen LogP contribution in [0.15, 0.2) is 36.4 Å². The molecule has 7 heteroatoms. The molecule has 0 unspecified atom stereocenters. The second-order valence-electron chi connectivity index (χ2n) is 6.32. The number of nitrogens with one attached hydrogen (secondary N) is 1. The molecule has 1 amide bonds. The second-order valence-corrected chi connectivity index (χ2v) is 6.72. The lowest BCUT2D eigenvalue weighted by molar-refractivity contribution is -0.118. The number of anilines is 1. The Bertz CT molecular complexity index is 851. The van der Waals surface area contributed by atoms with E-state index in [9.17, 15) is 9.59 Å². The number of methoxy groups -OCH3 is 1. The fourth-order valence-electron chi connectivity index (χ4n) is 2.49. The smallest absolute Gasteiger partial charge is 0.341 e. The van der Waals surface area contributed by atoms with E-state index >= 15 is 0 Å². The van der Waals surface area contributed by atoms with Gasteiger partial charge >= 0.3 is 5.97 Å². The van der Waals surface area contributed by atoms with Gasteiger partial charge in [0.15, 0.2) is 6.61 Å². The molecule has 6 nitrogen and oxygen atoms in total. The molecule has 0 heterocycles. The highest BCUT2D eigenvalue weighted by atomic mass is 35.5. The van der Waals surface area contributed by atoms with Crippen molar-refractivity contribution in [1.82, 2.24) is 0 Å². The highest BCUT2D eigenvalue weighted by molar-refractivity contribution is 6.34. The lowest BCUT2D eigenvalue weighted by Crippen LogP contribution is -2.20. The van der Waals surface area contributed by atoms with Crippen molar-refractivity contribution in [1.29, 1.82) is 0 Å². The number of benzene rings is 2. The molecule has 0 fully saturated rings. The van der Waals surface area contributed by atoms with Gasteiger partial charge in [-0.3, -0.25) is 4.79 Å². The lowest BCUT2D eigenvalue weighted by atomic mass is 10.0. The van der Waals surface area contributed by atoms with Gasteiger partial charge in [-0.2, -0.15) is 0 Å². The van der Waals surface area contributed by atoms with Crippen molar-refractivity contribution < 1.29 is 23.8 Å². The molecule has 1 N–H and O–H groups in total. The summed E-state index contributed by atoms with van der Waals surface area (Å²) in [4.78, 5) is 24.2. The van der Waals surface area contributed by atoms with Crippen molar-refractivity contribution in [2.45, 2.75) is 26.7 Å². The van der Waals surface area contributed by atoms with Crippen molar-refractivity contribution in [3.63, 3.8) is 0 Å². The summed E-state index contributed by atoms with van der Waals surface area (Å²) in [7, 11) is 1.42. The molecule has 0 aliphatic heterocycles. The molecule has 150 valence electrons. The van der Waals surface area contributed by atoms with Crippen LogP contribution < -0.4 is 14.8 Å². The first kappa shape index (κ1) is 21.6. The van der Waals surface area contributed by atoms with Crippen molar-refractivity contribution in [3.05, 3.63) is 52.5 Å². The summed E-state index contributed by atoms with van der Waals surface area (Å²) in [5, 5.41) is 2.86. The fraction of sp³-hybridized carbons (Fsp3) is 0.333. The monoisotopic (exact) mass is 405 g/mol. The van der Waals surface area contributed by atoms with Gasteiger partial charge in [0.2, 0.25) is 0 Å². The zero-order valence-electron chi connectivity index (χ0n) is 16.4. The molecule has 0 bridgehead atoms. The predicted octanol–water partition coefficient (Wildman–Crippen LogP) is 4.67. The minimum absolute atomic E-state index is 0.181. The highest BCUT2D eigenvalue weighted by Gasteiger charge is 2.18. The van der Waals surface area contributed by atoms with E-state index in [1.54, 1.807) is 13.0 Å². The topological polar surface area (TPSA) is 73.9 Å². The minimum Gasteiger partial charge on any atom is -0.496 e. The first-order valence-corrected chi connectivity index (χ1v) is 9.30. The minimum atomic E-state index is -0.549. The molecule has 2 aromatic carbocycles. The maximum atomic E-state index is 12.3. The van der Waals surface area contributed by atoms with Gasteiger partial charge in [0.1, 0.15) is 17.1 Å². The van der Waals surface area contributed by atoms with Gasteiger partial charge in [0, 0.05) is 6.07 Å². The first-order chi connectivity index (χ1) is 13.3. The van der Waals surface area contributed by atoms with E-state index in [0.29, 0.717) is 17.4 Å². The molecular formula is C21H24ClNO5. The molecule has 0 aliphatic carbocycles. The van der Waals surface area contributed by atoms with E-state index in [-0.39, 0.29) is 35.5 Å². The molecule has 0 saturated carbocycles. The fourth-order valence-corrected chi connectivity index (χ4v) is 2.70. The normalized spacial score (nSPS) is 10.5. The second kappa shape index (κ2) is 9.99. The van der Waals surface area contributed by atoms with Gasteiger partial charge in [-0.05, 0) is 36.6 Å². The predicted molar refractivity (Wildman–Crippen MR) is 109 cm³/mol. The van der Waals surface area contributed by atoms with E-state index in [2.05, 4.69) is 19.2 Å². The molecule has 0 radical (unpaired) electrons. The van der Waals surface area contributed by atoms with Crippen molar-refractivity contribution >= 4 is 29.2 Å². The molecule has 0 saturated heterocycles. The van der Waals surface area contributed by atoms with Gasteiger partial charge in [0.25, 0.3) is 5.91 Å². The van der Waals surface area contributed by atoms with Crippen LogP contribution in [0.4, 0.5) is 5.69 Å². The van der Waals surface area contributed by atoms with Gasteiger partial charge in [-0.25, -0.2) is 4.79 Å². The number of hydrogen-bond donors (Lipinski definition) is 1. The van der Waals surface area contributed by atoms with Gasteiger partial charge in [0.05, 0.1) is 24.4 Å². The van der Waals surface area contributed by atoms with Crippen LogP contribution in [0, 0.1) is 0 Å². The van der Waals surface area contributed by atoms with Gasteiger partial charge in [-0.1, -0.05) is 37.6 Å². The molecule has 0 atom stereocenters. The third kappa shape index (κ3) is 5.63. The number of hydrogen-bond acceptors (Lipinski definition) is 5. The Balaban J connectivity index is 2.07. The summed E-state index contributed by atoms with van der Waals surface area (Å²) < 4.78 is 15.7. The number of rotatable bonds is 8. The summed E-state index contributed by atoms with van der Waals surface area (Å²) in [6, 6.07) is 10.5. The Hall–Kier alpha value is -2.73. The zero-order chi connectivity index (χ0) is 20.7. The van der Waals surface area contributed by atoms with Crippen LogP contribution in [-0.2, 0) is 9.53 Å². The Morgan fingerprint density at radius 1 is 1.18 bits per heavy atom. The third-order valence-electron chi connectivity index (χ3n) is 3.95. The Morgan fingerprint density at radius 3 is 2.57 bits per heavy atom. The Labute approximate surface area is 169 Å². The SMILES string of the molecule is CCOC(=O)c1cc(Cl)c(NC(=O)COc2cccc(C(C)C)c2)cc1OC. The van der Waals surface area contributed by atoms with Crippen LogP contribution in [0.5, 0.6) is 11.5 Å². The molecule has 28 heavy (non-hydrogen) atoms. The molecule has 2 aromatic rings. The molecular weight excluding hydrogens is 382 g/mol. The number of ether oxygens (including phenoxy) is 3. The average Bonchev–Trinajstić information content (AvgIpc) is 2.68. The zero-order valence-corrected chi connectivity index (χ0v) is 17.1. The van der Waals surface area contributed by atoms with Gasteiger partial charge < -0.3 is 19.5 Å². The summed E-state index contributed by atoms with van der Waals surface area (Å²) in [6.07, 6.45) is 0. The Morgan fingerprint density at radius 2 is 1.93 bits per heavy atom. The van der Waals surface area contributed by atoms with E-state index in [4.69, 9.17) is 25.8 Å². The molecule has 0 aliphatic rings. The van der Waals surface area contributed by atoms with E-state index in [1.807, 2.05) is 18.2 Å². The average molecular weight is 406 g/mol. The van der Waals surface area contributed by atoms with Crippen molar-refractivity contribution in [2.24, 2.45) is 0 Å². The largest absolute Gasteiger partial charge is 0.496 e. The Kier molecular flexibility index (Phi) is 7.70. The van der Waals surface area contributed by atoms with E-state index < -0.39 is 5.97 Å². The van der Waals surface area contributed by atoms with Crippen LogP contribution in [0.3, 0.4) is 0 Å².